The van der Waals surface area contributed by atoms with Crippen molar-refractivity contribution in [2.75, 3.05) is 6.61 Å². The van der Waals surface area contributed by atoms with Crippen LogP contribution >= 0.6 is 12.4 Å². The maximum atomic E-state index is 13.8. The Kier molecular flexibility index (Phi) is 6.39. The summed E-state index contributed by atoms with van der Waals surface area (Å²) in [5.41, 5.74) is 7.29. The SMILES string of the molecule is CCOC(=O)C(F)(F)[C@H](N)c1cccc(C)c1C.Cl. The number of alkyl halides is 2. The molecule has 0 bridgehead atoms. The van der Waals surface area contributed by atoms with Crippen molar-refractivity contribution >= 4 is 18.4 Å². The van der Waals surface area contributed by atoms with E-state index >= 15 is 0 Å². The van der Waals surface area contributed by atoms with Crippen molar-refractivity contribution in [3.05, 3.63) is 34.9 Å². The summed E-state index contributed by atoms with van der Waals surface area (Å²) in [7, 11) is 0. The fraction of sp³-hybridized carbons (Fsp3) is 0.462. The first kappa shape index (κ1) is 17.8. The van der Waals surface area contributed by atoms with Gasteiger partial charge in [-0.3, -0.25) is 0 Å². The predicted octanol–water partition coefficient (Wildman–Crippen LogP) is 2.92. The van der Waals surface area contributed by atoms with E-state index in [9.17, 15) is 13.6 Å². The van der Waals surface area contributed by atoms with Crippen molar-refractivity contribution in [1.29, 1.82) is 0 Å². The van der Waals surface area contributed by atoms with Gasteiger partial charge in [0.15, 0.2) is 0 Å². The van der Waals surface area contributed by atoms with Gasteiger partial charge in [0, 0.05) is 0 Å². The van der Waals surface area contributed by atoms with Gasteiger partial charge in [0.2, 0.25) is 0 Å². The summed E-state index contributed by atoms with van der Waals surface area (Å²) < 4.78 is 31.9. The first-order valence-corrected chi connectivity index (χ1v) is 5.69. The normalized spacial score (nSPS) is 12.5. The first-order valence-electron chi connectivity index (χ1n) is 5.69. The predicted molar refractivity (Wildman–Crippen MR) is 71.7 cm³/mol. The van der Waals surface area contributed by atoms with E-state index < -0.39 is 17.9 Å². The molecule has 108 valence electrons. The summed E-state index contributed by atoms with van der Waals surface area (Å²) in [6.07, 6.45) is 0. The fourth-order valence-electron chi connectivity index (χ4n) is 1.66. The number of benzene rings is 1. The van der Waals surface area contributed by atoms with Crippen LogP contribution in [0.3, 0.4) is 0 Å². The van der Waals surface area contributed by atoms with Gasteiger partial charge >= 0.3 is 11.9 Å². The van der Waals surface area contributed by atoms with E-state index in [1.165, 1.54) is 13.0 Å². The summed E-state index contributed by atoms with van der Waals surface area (Å²) >= 11 is 0. The van der Waals surface area contributed by atoms with Gasteiger partial charge in [-0.15, -0.1) is 12.4 Å². The zero-order valence-corrected chi connectivity index (χ0v) is 11.9. The third kappa shape index (κ3) is 3.64. The molecule has 0 fully saturated rings. The molecule has 1 aromatic carbocycles. The third-order valence-corrected chi connectivity index (χ3v) is 2.92. The molecular formula is C13H18ClF2NO2. The van der Waals surface area contributed by atoms with Gasteiger partial charge in [-0.2, -0.15) is 8.78 Å². The van der Waals surface area contributed by atoms with Crippen LogP contribution in [0.15, 0.2) is 18.2 Å². The van der Waals surface area contributed by atoms with Crippen LogP contribution in [0.4, 0.5) is 8.78 Å². The molecule has 0 aliphatic rings. The van der Waals surface area contributed by atoms with Crippen molar-refractivity contribution in [3.63, 3.8) is 0 Å². The highest BCUT2D eigenvalue weighted by Gasteiger charge is 2.48. The number of carbonyl (C=O) groups is 1. The maximum Gasteiger partial charge on any atom is 0.379 e. The van der Waals surface area contributed by atoms with Crippen LogP contribution in [-0.4, -0.2) is 18.5 Å². The van der Waals surface area contributed by atoms with Crippen LogP contribution in [-0.2, 0) is 9.53 Å². The Hall–Kier alpha value is -1.20. The van der Waals surface area contributed by atoms with E-state index in [0.717, 1.165) is 5.56 Å². The van der Waals surface area contributed by atoms with Crippen LogP contribution < -0.4 is 5.73 Å². The molecule has 1 aromatic rings. The van der Waals surface area contributed by atoms with Gasteiger partial charge in [-0.1, -0.05) is 18.2 Å². The fourth-order valence-corrected chi connectivity index (χ4v) is 1.66. The summed E-state index contributed by atoms with van der Waals surface area (Å²) in [6.45, 7) is 4.87. The number of halogens is 3. The molecule has 1 rings (SSSR count). The molecule has 0 saturated heterocycles. The third-order valence-electron chi connectivity index (χ3n) is 2.92. The summed E-state index contributed by atoms with van der Waals surface area (Å²) in [6, 6.07) is 3.24. The van der Waals surface area contributed by atoms with E-state index in [4.69, 9.17) is 5.73 Å². The average Bonchev–Trinajstić information content (AvgIpc) is 2.32. The number of hydrogen-bond acceptors (Lipinski definition) is 3. The van der Waals surface area contributed by atoms with Gasteiger partial charge < -0.3 is 10.5 Å². The smallest absolute Gasteiger partial charge is 0.379 e. The monoisotopic (exact) mass is 293 g/mol. The largest absolute Gasteiger partial charge is 0.462 e. The first-order chi connectivity index (χ1) is 8.32. The number of hydrogen-bond donors (Lipinski definition) is 1. The molecule has 0 radical (unpaired) electrons. The molecule has 0 aliphatic carbocycles. The molecule has 1 atom stereocenters. The quantitative estimate of drug-likeness (QED) is 0.869. The van der Waals surface area contributed by atoms with Crippen molar-refractivity contribution < 1.29 is 18.3 Å². The van der Waals surface area contributed by atoms with Crippen molar-refractivity contribution in [2.24, 2.45) is 5.73 Å². The average molecular weight is 294 g/mol. The molecule has 2 N–H and O–H groups in total. The van der Waals surface area contributed by atoms with E-state index in [1.54, 1.807) is 26.0 Å². The minimum Gasteiger partial charge on any atom is -0.462 e. The minimum absolute atomic E-state index is 0. The Morgan fingerprint density at radius 3 is 2.53 bits per heavy atom. The van der Waals surface area contributed by atoms with Crippen LogP contribution in [0.5, 0.6) is 0 Å². The second-order valence-electron chi connectivity index (χ2n) is 4.11. The van der Waals surface area contributed by atoms with Crippen molar-refractivity contribution in [3.8, 4) is 0 Å². The van der Waals surface area contributed by atoms with Crippen LogP contribution in [0.25, 0.3) is 0 Å². The number of ether oxygens (including phenoxy) is 1. The minimum atomic E-state index is -3.73. The van der Waals surface area contributed by atoms with Gasteiger partial charge in [-0.25, -0.2) is 4.79 Å². The van der Waals surface area contributed by atoms with Crippen LogP contribution in [0.1, 0.15) is 29.7 Å². The van der Waals surface area contributed by atoms with E-state index in [1.807, 2.05) is 0 Å². The molecule has 0 amide bonds. The van der Waals surface area contributed by atoms with E-state index in [2.05, 4.69) is 4.74 Å². The lowest BCUT2D eigenvalue weighted by atomic mass is 9.94. The van der Waals surface area contributed by atoms with E-state index in [0.29, 0.717) is 5.56 Å². The zero-order chi connectivity index (χ0) is 13.9. The Morgan fingerprint density at radius 1 is 1.42 bits per heavy atom. The number of nitrogens with two attached hydrogens (primary N) is 1. The molecule has 0 heterocycles. The second kappa shape index (κ2) is 6.82. The highest BCUT2D eigenvalue weighted by molar-refractivity contribution is 5.85. The highest BCUT2D eigenvalue weighted by atomic mass is 35.5. The highest BCUT2D eigenvalue weighted by Crippen LogP contribution is 2.32. The summed E-state index contributed by atoms with van der Waals surface area (Å²) in [4.78, 5) is 11.2. The van der Waals surface area contributed by atoms with E-state index in [-0.39, 0.29) is 24.6 Å². The molecule has 19 heavy (non-hydrogen) atoms. The van der Waals surface area contributed by atoms with Gasteiger partial charge in [0.1, 0.15) is 6.04 Å². The lowest BCUT2D eigenvalue weighted by Gasteiger charge is -2.23. The number of rotatable bonds is 4. The molecule has 0 spiro atoms. The zero-order valence-electron chi connectivity index (χ0n) is 11.1. The topological polar surface area (TPSA) is 52.3 Å². The lowest BCUT2D eigenvalue weighted by Crippen LogP contribution is -2.42. The lowest BCUT2D eigenvalue weighted by molar-refractivity contribution is -0.174. The second-order valence-corrected chi connectivity index (χ2v) is 4.11. The number of esters is 1. The van der Waals surface area contributed by atoms with Crippen LogP contribution in [0, 0.1) is 13.8 Å². The molecule has 3 nitrogen and oxygen atoms in total. The standard InChI is InChI=1S/C13H17F2NO2.ClH/c1-4-18-12(17)13(14,15)11(16)10-7-5-6-8(2)9(10)3;/h5-7,11H,4,16H2,1-3H3;1H/t11-;/m1./s1. The van der Waals surface area contributed by atoms with Gasteiger partial charge in [0.05, 0.1) is 6.61 Å². The Labute approximate surface area is 117 Å². The Bertz CT molecular complexity index is 452. The molecule has 0 unspecified atom stereocenters. The molecule has 0 saturated carbocycles. The maximum absolute atomic E-state index is 13.8. The Morgan fingerprint density at radius 2 is 2.00 bits per heavy atom. The van der Waals surface area contributed by atoms with Gasteiger partial charge in [-0.05, 0) is 37.5 Å². The van der Waals surface area contributed by atoms with Crippen molar-refractivity contribution in [1.82, 2.24) is 0 Å². The van der Waals surface area contributed by atoms with Gasteiger partial charge in [0.25, 0.3) is 0 Å². The van der Waals surface area contributed by atoms with Crippen LogP contribution in [0.2, 0.25) is 0 Å². The molecule has 6 heteroatoms. The Balaban J connectivity index is 0.00000324. The molecule has 0 aliphatic heterocycles. The number of carbonyl (C=O) groups excluding carboxylic acids is 1. The van der Waals surface area contributed by atoms with Crippen molar-refractivity contribution in [2.45, 2.75) is 32.7 Å². The molecule has 0 aromatic heterocycles. The molecular weight excluding hydrogens is 276 g/mol. The number of aryl methyl sites for hydroxylation is 1. The summed E-state index contributed by atoms with van der Waals surface area (Å²) in [5, 5.41) is 0. The summed E-state index contributed by atoms with van der Waals surface area (Å²) in [5.74, 6) is -5.31.